The van der Waals surface area contributed by atoms with Crippen molar-refractivity contribution in [2.75, 3.05) is 11.4 Å². The summed E-state index contributed by atoms with van der Waals surface area (Å²) in [6, 6.07) is 3.14. The summed E-state index contributed by atoms with van der Waals surface area (Å²) >= 11 is 0. The zero-order valence-corrected chi connectivity index (χ0v) is 13.0. The van der Waals surface area contributed by atoms with Crippen LogP contribution in [0.5, 0.6) is 0 Å². The molecule has 0 atom stereocenters. The Bertz CT molecular complexity index is 648. The van der Waals surface area contributed by atoms with Crippen LogP contribution in [-0.4, -0.2) is 24.4 Å². The van der Waals surface area contributed by atoms with Crippen LogP contribution >= 0.6 is 0 Å². The van der Waals surface area contributed by atoms with Gasteiger partial charge in [0.05, 0.1) is 0 Å². The van der Waals surface area contributed by atoms with Gasteiger partial charge in [-0.3, -0.25) is 9.59 Å². The zero-order chi connectivity index (χ0) is 16.9. The summed E-state index contributed by atoms with van der Waals surface area (Å²) in [6.45, 7) is 6.94. The van der Waals surface area contributed by atoms with E-state index >= 15 is 0 Å². The van der Waals surface area contributed by atoms with E-state index < -0.39 is 12.1 Å². The number of amides is 1. The van der Waals surface area contributed by atoms with Crippen molar-refractivity contribution in [2.45, 2.75) is 45.7 Å². The number of anilines is 1. The van der Waals surface area contributed by atoms with Gasteiger partial charge in [0.2, 0.25) is 0 Å². The van der Waals surface area contributed by atoms with Gasteiger partial charge in [-0.15, -0.1) is 0 Å². The van der Waals surface area contributed by atoms with Gasteiger partial charge in [0.25, 0.3) is 0 Å². The number of carbonyl (C=O) groups is 2. The maximum Gasteiger partial charge on any atom is 0.471 e. The molecule has 0 radical (unpaired) electrons. The van der Waals surface area contributed by atoms with E-state index in [4.69, 9.17) is 0 Å². The van der Waals surface area contributed by atoms with Gasteiger partial charge in [-0.1, -0.05) is 19.9 Å². The van der Waals surface area contributed by atoms with Gasteiger partial charge >= 0.3 is 12.1 Å². The molecule has 0 aliphatic carbocycles. The van der Waals surface area contributed by atoms with Gasteiger partial charge in [-0.2, -0.15) is 13.2 Å². The summed E-state index contributed by atoms with van der Waals surface area (Å²) < 4.78 is 38.4. The van der Waals surface area contributed by atoms with Crippen molar-refractivity contribution in [2.24, 2.45) is 0 Å². The Morgan fingerprint density at radius 3 is 2.32 bits per heavy atom. The first kappa shape index (κ1) is 16.5. The molecule has 1 amide bonds. The number of hydrogen-bond acceptors (Lipinski definition) is 2. The van der Waals surface area contributed by atoms with Gasteiger partial charge in [-0.05, 0) is 42.9 Å². The Labute approximate surface area is 127 Å². The molecule has 1 aromatic rings. The molecular formula is C16H18F3NO2. The molecule has 0 bridgehead atoms. The molecule has 0 N–H and O–H groups in total. The average Bonchev–Trinajstić information content (AvgIpc) is 2.37. The van der Waals surface area contributed by atoms with Crippen molar-refractivity contribution in [1.82, 2.24) is 0 Å². The molecule has 1 heterocycles. The second-order valence-electron chi connectivity index (χ2n) is 6.33. The number of halogens is 3. The van der Waals surface area contributed by atoms with Crippen molar-refractivity contribution in [3.8, 4) is 0 Å². The van der Waals surface area contributed by atoms with Crippen LogP contribution in [0.3, 0.4) is 0 Å². The molecule has 0 aromatic heterocycles. The topological polar surface area (TPSA) is 37.4 Å². The number of hydrogen-bond donors (Lipinski definition) is 0. The highest BCUT2D eigenvalue weighted by Gasteiger charge is 2.46. The predicted octanol–water partition coefficient (Wildman–Crippen LogP) is 3.77. The number of nitrogens with zero attached hydrogens (tertiary/aromatic N) is 1. The summed E-state index contributed by atoms with van der Waals surface area (Å²) in [5, 5.41) is 0. The van der Waals surface area contributed by atoms with Crippen LogP contribution in [-0.2, 0) is 10.2 Å². The summed E-state index contributed by atoms with van der Waals surface area (Å²) in [6.07, 6.45) is -4.50. The van der Waals surface area contributed by atoms with E-state index in [-0.39, 0.29) is 23.4 Å². The Morgan fingerprint density at radius 2 is 1.82 bits per heavy atom. The second kappa shape index (κ2) is 5.11. The molecule has 0 unspecified atom stereocenters. The van der Waals surface area contributed by atoms with Crippen LogP contribution in [0.4, 0.5) is 18.9 Å². The van der Waals surface area contributed by atoms with Crippen LogP contribution in [0.2, 0.25) is 0 Å². The number of ketones is 1. The fourth-order valence-electron chi connectivity index (χ4n) is 2.85. The number of fused-ring (bicyclic) bond motifs is 1. The zero-order valence-electron chi connectivity index (χ0n) is 13.0. The molecule has 0 saturated heterocycles. The van der Waals surface area contributed by atoms with E-state index in [1.807, 2.05) is 13.8 Å². The third-order valence-electron chi connectivity index (χ3n) is 4.19. The van der Waals surface area contributed by atoms with Crippen molar-refractivity contribution < 1.29 is 22.8 Å². The lowest BCUT2D eigenvalue weighted by atomic mass is 9.76. The lowest BCUT2D eigenvalue weighted by molar-refractivity contribution is -0.170. The number of benzene rings is 1. The molecule has 0 spiro atoms. The highest BCUT2D eigenvalue weighted by atomic mass is 19.4. The van der Waals surface area contributed by atoms with Crippen molar-refractivity contribution in [3.63, 3.8) is 0 Å². The van der Waals surface area contributed by atoms with Crippen molar-refractivity contribution >= 4 is 17.4 Å². The maximum atomic E-state index is 12.8. The van der Waals surface area contributed by atoms with Gasteiger partial charge < -0.3 is 4.90 Å². The average molecular weight is 313 g/mol. The largest absolute Gasteiger partial charge is 0.471 e. The van der Waals surface area contributed by atoms with E-state index in [2.05, 4.69) is 0 Å². The van der Waals surface area contributed by atoms with E-state index in [1.165, 1.54) is 13.0 Å². The SMILES string of the molecule is CC(=O)c1cc2c(cc1C)C(C)(C)CCN2C(=O)C(F)(F)F. The van der Waals surface area contributed by atoms with Gasteiger partial charge in [0.15, 0.2) is 5.78 Å². The number of aryl methyl sites for hydroxylation is 1. The first-order valence-electron chi connectivity index (χ1n) is 7.00. The monoisotopic (exact) mass is 313 g/mol. The fourth-order valence-corrected chi connectivity index (χ4v) is 2.85. The molecule has 3 nitrogen and oxygen atoms in total. The molecule has 1 aliphatic heterocycles. The minimum atomic E-state index is -4.93. The first-order chi connectivity index (χ1) is 9.95. The van der Waals surface area contributed by atoms with Gasteiger partial charge in [0, 0.05) is 17.8 Å². The van der Waals surface area contributed by atoms with E-state index in [0.29, 0.717) is 23.1 Å². The molecule has 1 aliphatic rings. The van der Waals surface area contributed by atoms with E-state index in [1.54, 1.807) is 13.0 Å². The van der Waals surface area contributed by atoms with E-state index in [0.717, 1.165) is 4.90 Å². The van der Waals surface area contributed by atoms with E-state index in [9.17, 15) is 22.8 Å². The summed E-state index contributed by atoms with van der Waals surface area (Å²) in [4.78, 5) is 24.1. The molecule has 0 fully saturated rings. The molecule has 0 saturated carbocycles. The predicted molar refractivity (Wildman–Crippen MR) is 77.2 cm³/mol. The van der Waals surface area contributed by atoms with Gasteiger partial charge in [0.1, 0.15) is 0 Å². The summed E-state index contributed by atoms with van der Waals surface area (Å²) in [7, 11) is 0. The maximum absolute atomic E-state index is 12.8. The van der Waals surface area contributed by atoms with Crippen LogP contribution in [0.25, 0.3) is 0 Å². The lowest BCUT2D eigenvalue weighted by Gasteiger charge is -2.39. The fraction of sp³-hybridized carbons (Fsp3) is 0.500. The lowest BCUT2D eigenvalue weighted by Crippen LogP contribution is -2.47. The third kappa shape index (κ3) is 2.74. The van der Waals surface area contributed by atoms with Gasteiger partial charge in [-0.25, -0.2) is 0 Å². The minimum Gasteiger partial charge on any atom is -0.304 e. The van der Waals surface area contributed by atoms with Crippen LogP contribution < -0.4 is 4.90 Å². The molecule has 6 heteroatoms. The molecule has 120 valence electrons. The molecule has 1 aromatic carbocycles. The first-order valence-corrected chi connectivity index (χ1v) is 7.00. The number of rotatable bonds is 1. The van der Waals surface area contributed by atoms with Crippen molar-refractivity contribution in [3.05, 3.63) is 28.8 Å². The third-order valence-corrected chi connectivity index (χ3v) is 4.19. The Morgan fingerprint density at radius 1 is 1.23 bits per heavy atom. The Hall–Kier alpha value is -1.85. The number of alkyl halides is 3. The smallest absolute Gasteiger partial charge is 0.304 e. The normalized spacial score (nSPS) is 17.1. The molecule has 2 rings (SSSR count). The minimum absolute atomic E-state index is 0.0151. The van der Waals surface area contributed by atoms with Crippen molar-refractivity contribution in [1.29, 1.82) is 0 Å². The standard InChI is InChI=1S/C16H18F3NO2/c1-9-7-12-13(8-11(9)10(2)21)20(6-5-15(12,3)4)14(22)16(17,18)19/h7-8H,5-6H2,1-4H3. The Kier molecular flexibility index (Phi) is 3.83. The summed E-state index contributed by atoms with van der Waals surface area (Å²) in [5.74, 6) is -2.12. The summed E-state index contributed by atoms with van der Waals surface area (Å²) in [5.41, 5.74) is 1.56. The Balaban J connectivity index is 2.66. The number of carbonyl (C=O) groups excluding carboxylic acids is 2. The molecular weight excluding hydrogens is 295 g/mol. The van der Waals surface area contributed by atoms with Crippen LogP contribution in [0, 0.1) is 6.92 Å². The quantitative estimate of drug-likeness (QED) is 0.740. The second-order valence-corrected chi connectivity index (χ2v) is 6.33. The highest BCUT2D eigenvalue weighted by Crippen LogP contribution is 2.42. The van der Waals surface area contributed by atoms with Crippen LogP contribution in [0.1, 0.15) is 48.7 Å². The number of Topliss-reactive ketones (excluding diaryl/α,β-unsaturated/α-hetero) is 1. The highest BCUT2D eigenvalue weighted by molar-refractivity contribution is 6.02. The van der Waals surface area contributed by atoms with Crippen LogP contribution in [0.15, 0.2) is 12.1 Å². The molecule has 22 heavy (non-hydrogen) atoms.